The molecule has 0 unspecified atom stereocenters. The van der Waals surface area contributed by atoms with Gasteiger partial charge < -0.3 is 19.6 Å². The summed E-state index contributed by atoms with van der Waals surface area (Å²) >= 11 is 0. The van der Waals surface area contributed by atoms with Crippen LogP contribution in [0.5, 0.6) is 0 Å². The molecule has 4 rings (SSSR count). The van der Waals surface area contributed by atoms with Gasteiger partial charge in [-0.2, -0.15) is 0 Å². The molecule has 138 valence electrons. The summed E-state index contributed by atoms with van der Waals surface area (Å²) in [7, 11) is -10.5. The molecule has 0 bridgehead atoms. The highest BCUT2D eigenvalue weighted by atomic mass is 31.2. The Bertz CT molecular complexity index is 1240. The Labute approximate surface area is 152 Å². The zero-order valence-corrected chi connectivity index (χ0v) is 15.3. The smallest absolute Gasteiger partial charge is 0.323 e. The lowest BCUT2D eigenvalue weighted by Crippen LogP contribution is -2.08. The highest BCUT2D eigenvalue weighted by Gasteiger charge is 2.47. The van der Waals surface area contributed by atoms with Crippen molar-refractivity contribution in [2.75, 3.05) is 0 Å². The van der Waals surface area contributed by atoms with Gasteiger partial charge >= 0.3 is 15.2 Å². The molecule has 0 fully saturated rings. The average molecular weight is 405 g/mol. The van der Waals surface area contributed by atoms with Gasteiger partial charge in [0.25, 0.3) is 0 Å². The molecule has 0 aliphatic carbocycles. The summed E-state index contributed by atoms with van der Waals surface area (Å²) in [5.41, 5.74) is 0.643. The van der Waals surface area contributed by atoms with Crippen LogP contribution in [0.3, 0.4) is 0 Å². The van der Waals surface area contributed by atoms with Crippen LogP contribution < -0.4 is 0 Å². The van der Waals surface area contributed by atoms with Crippen molar-refractivity contribution in [3.8, 4) is 0 Å². The monoisotopic (exact) mass is 405 g/mol. The zero-order valence-electron chi connectivity index (χ0n) is 13.5. The minimum absolute atomic E-state index is 0.265. The Morgan fingerprint density at radius 3 is 1.59 bits per heavy atom. The molecule has 11 heteroatoms. The van der Waals surface area contributed by atoms with Gasteiger partial charge in [-0.3, -0.25) is 9.13 Å². The van der Waals surface area contributed by atoms with Gasteiger partial charge in [0.05, 0.1) is 0 Å². The fourth-order valence-electron chi connectivity index (χ4n) is 3.16. The molecule has 0 saturated carbocycles. The highest BCUT2D eigenvalue weighted by molar-refractivity contribution is 7.70. The first-order valence-electron chi connectivity index (χ1n) is 7.72. The first kappa shape index (κ1) is 18.1. The standard InChI is InChI=1S/C16H13N3O6P2/c20-26(21,22)16(27(23,24)25)15-17-13-11-7-3-1-5-9(11)10-6-2-4-8-12(10)14(13)18-19-15/h1-8,16H,(H2,20,21,22)(H2,23,24,25). The summed E-state index contributed by atoms with van der Waals surface area (Å²) < 4.78 is 23.4. The lowest BCUT2D eigenvalue weighted by molar-refractivity contribution is 0.337. The lowest BCUT2D eigenvalue weighted by Gasteiger charge is -2.18. The van der Waals surface area contributed by atoms with Gasteiger partial charge in [0.2, 0.25) is 5.40 Å². The number of benzene rings is 3. The topological polar surface area (TPSA) is 154 Å². The summed E-state index contributed by atoms with van der Waals surface area (Å²) in [6.07, 6.45) is 0. The van der Waals surface area contributed by atoms with E-state index in [4.69, 9.17) is 0 Å². The Balaban J connectivity index is 2.15. The quantitative estimate of drug-likeness (QED) is 0.297. The van der Waals surface area contributed by atoms with Gasteiger partial charge in [0.1, 0.15) is 11.0 Å². The van der Waals surface area contributed by atoms with Crippen molar-refractivity contribution >= 4 is 47.8 Å². The molecular weight excluding hydrogens is 392 g/mol. The number of nitrogens with zero attached hydrogens (tertiary/aromatic N) is 3. The van der Waals surface area contributed by atoms with Crippen LogP contribution in [0.25, 0.3) is 32.6 Å². The summed E-state index contributed by atoms with van der Waals surface area (Å²) in [6.45, 7) is 0. The summed E-state index contributed by atoms with van der Waals surface area (Å²) in [5, 5.41) is 8.28. The van der Waals surface area contributed by atoms with Crippen molar-refractivity contribution < 1.29 is 28.7 Å². The number of rotatable bonds is 3. The van der Waals surface area contributed by atoms with E-state index in [0.29, 0.717) is 10.9 Å². The number of fused-ring (bicyclic) bond motifs is 6. The fourth-order valence-corrected chi connectivity index (χ4v) is 5.55. The molecule has 1 aromatic heterocycles. The molecule has 9 nitrogen and oxygen atoms in total. The third kappa shape index (κ3) is 3.04. The van der Waals surface area contributed by atoms with E-state index < -0.39 is 26.4 Å². The minimum atomic E-state index is -5.23. The molecule has 0 aliphatic heterocycles. The van der Waals surface area contributed by atoms with Crippen molar-refractivity contribution in [2.45, 2.75) is 5.40 Å². The van der Waals surface area contributed by atoms with Gasteiger partial charge in [0.15, 0.2) is 5.82 Å². The van der Waals surface area contributed by atoms with Crippen molar-refractivity contribution in [1.29, 1.82) is 0 Å². The molecule has 1 heterocycles. The molecule has 0 aliphatic rings. The Hall–Kier alpha value is -2.25. The second-order valence-electron chi connectivity index (χ2n) is 6.01. The van der Waals surface area contributed by atoms with E-state index in [9.17, 15) is 28.7 Å². The van der Waals surface area contributed by atoms with Crippen LogP contribution in [0.4, 0.5) is 0 Å². The van der Waals surface area contributed by atoms with Crippen LogP contribution in [0.15, 0.2) is 48.5 Å². The molecule has 0 spiro atoms. The van der Waals surface area contributed by atoms with E-state index in [0.717, 1.165) is 16.2 Å². The van der Waals surface area contributed by atoms with E-state index in [1.54, 1.807) is 18.2 Å². The molecule has 4 aromatic rings. The highest BCUT2D eigenvalue weighted by Crippen LogP contribution is 2.69. The van der Waals surface area contributed by atoms with Crippen LogP contribution in [0.2, 0.25) is 0 Å². The van der Waals surface area contributed by atoms with Gasteiger partial charge in [-0.25, -0.2) is 4.98 Å². The largest absolute Gasteiger partial charge is 0.348 e. The maximum Gasteiger partial charge on any atom is 0.348 e. The van der Waals surface area contributed by atoms with Crippen LogP contribution in [0, 0.1) is 0 Å². The lowest BCUT2D eigenvalue weighted by atomic mass is 10.00. The third-order valence-electron chi connectivity index (χ3n) is 4.23. The molecule has 0 saturated heterocycles. The molecular formula is C16H13N3O6P2. The van der Waals surface area contributed by atoms with E-state index >= 15 is 0 Å². The van der Waals surface area contributed by atoms with Gasteiger partial charge in [-0.05, 0) is 10.8 Å². The number of hydrogen-bond acceptors (Lipinski definition) is 5. The number of aromatic nitrogens is 3. The van der Waals surface area contributed by atoms with Gasteiger partial charge in [-0.1, -0.05) is 48.5 Å². The van der Waals surface area contributed by atoms with Crippen molar-refractivity contribution in [3.05, 3.63) is 54.4 Å². The van der Waals surface area contributed by atoms with Crippen molar-refractivity contribution in [3.63, 3.8) is 0 Å². The van der Waals surface area contributed by atoms with Crippen LogP contribution in [-0.2, 0) is 9.13 Å². The van der Waals surface area contributed by atoms with Gasteiger partial charge in [-0.15, -0.1) is 10.2 Å². The van der Waals surface area contributed by atoms with E-state index in [1.165, 1.54) is 0 Å². The maximum atomic E-state index is 11.7. The van der Waals surface area contributed by atoms with E-state index in [-0.39, 0.29) is 5.52 Å². The summed E-state index contributed by atoms with van der Waals surface area (Å²) in [6, 6.07) is 14.6. The van der Waals surface area contributed by atoms with Crippen LogP contribution in [-0.4, -0.2) is 34.8 Å². The third-order valence-corrected chi connectivity index (χ3v) is 7.77. The van der Waals surface area contributed by atoms with E-state index in [2.05, 4.69) is 15.2 Å². The molecule has 0 atom stereocenters. The second-order valence-corrected chi connectivity index (χ2v) is 9.81. The molecule has 4 N–H and O–H groups in total. The Morgan fingerprint density at radius 2 is 1.11 bits per heavy atom. The summed E-state index contributed by atoms with van der Waals surface area (Å²) in [4.78, 5) is 41.9. The first-order chi connectivity index (χ1) is 12.7. The SMILES string of the molecule is O=P(O)(O)C(c1nnc2c3ccccc3c3ccccc3c2n1)P(=O)(O)O. The molecule has 27 heavy (non-hydrogen) atoms. The zero-order chi connectivity index (χ0) is 19.4. The Kier molecular flexibility index (Phi) is 4.12. The molecule has 0 radical (unpaired) electrons. The summed E-state index contributed by atoms with van der Waals surface area (Å²) in [5.74, 6) is -0.690. The maximum absolute atomic E-state index is 11.7. The van der Waals surface area contributed by atoms with Crippen LogP contribution >= 0.6 is 15.2 Å². The van der Waals surface area contributed by atoms with Gasteiger partial charge in [0, 0.05) is 10.8 Å². The second kappa shape index (κ2) is 6.14. The van der Waals surface area contributed by atoms with Crippen molar-refractivity contribution in [2.24, 2.45) is 0 Å². The average Bonchev–Trinajstić information content (AvgIpc) is 2.59. The predicted molar refractivity (Wildman–Crippen MR) is 99.2 cm³/mol. The normalized spacial score (nSPS) is 13.1. The Morgan fingerprint density at radius 1 is 0.667 bits per heavy atom. The minimum Gasteiger partial charge on any atom is -0.323 e. The molecule has 3 aromatic carbocycles. The predicted octanol–water partition coefficient (Wildman–Crippen LogP) is 2.69. The number of hydrogen-bond donors (Lipinski definition) is 4. The fraction of sp³-hybridized carbons (Fsp3) is 0.0625. The van der Waals surface area contributed by atoms with Crippen LogP contribution in [0.1, 0.15) is 11.2 Å². The molecule has 0 amide bonds. The van der Waals surface area contributed by atoms with E-state index in [1.807, 2.05) is 30.3 Å². The van der Waals surface area contributed by atoms with Crippen molar-refractivity contribution in [1.82, 2.24) is 15.2 Å². The first-order valence-corrected chi connectivity index (χ1v) is 11.1.